The molecule has 0 aliphatic carbocycles. The van der Waals surface area contributed by atoms with Gasteiger partial charge in [0.25, 0.3) is 0 Å². The molecule has 0 bridgehead atoms. The minimum absolute atomic E-state index is 0.191. The second kappa shape index (κ2) is 11.2. The first-order valence-electron chi connectivity index (χ1n) is 10.9. The van der Waals surface area contributed by atoms with E-state index in [1.165, 1.54) is 4.90 Å². The lowest BCUT2D eigenvalue weighted by Gasteiger charge is -2.43. The monoisotopic (exact) mass is 459 g/mol. The molecule has 0 fully saturated rings. The van der Waals surface area contributed by atoms with Crippen LogP contribution in [0.4, 0.5) is 4.79 Å². The SMILES string of the molecule is C#Cc1ccccc1C(C(=O)NC(C)C)N(C(=O)C(CO)NC(=O)OC(C)(C)C)C(C)(C)C. The van der Waals surface area contributed by atoms with Crippen molar-refractivity contribution < 1.29 is 24.2 Å². The number of hydrogen-bond donors (Lipinski definition) is 3. The Kier molecular flexibility index (Phi) is 9.49. The summed E-state index contributed by atoms with van der Waals surface area (Å²) in [6.07, 6.45) is 4.84. The van der Waals surface area contributed by atoms with Crippen molar-refractivity contribution in [2.75, 3.05) is 6.61 Å². The Bertz CT molecular complexity index is 891. The molecule has 3 amide bonds. The van der Waals surface area contributed by atoms with Crippen molar-refractivity contribution in [1.82, 2.24) is 15.5 Å². The number of terminal acetylenes is 1. The molecule has 33 heavy (non-hydrogen) atoms. The fraction of sp³-hybridized carbons (Fsp3) is 0.560. The molecule has 8 nitrogen and oxygen atoms in total. The molecule has 0 aliphatic rings. The van der Waals surface area contributed by atoms with Gasteiger partial charge in [0.2, 0.25) is 11.8 Å². The Morgan fingerprint density at radius 1 is 1.09 bits per heavy atom. The Hall–Kier alpha value is -3.05. The third-order valence-electron chi connectivity index (χ3n) is 4.48. The summed E-state index contributed by atoms with van der Waals surface area (Å²) in [5, 5.41) is 15.2. The van der Waals surface area contributed by atoms with Crippen LogP contribution in [-0.4, -0.2) is 57.7 Å². The van der Waals surface area contributed by atoms with E-state index in [0.29, 0.717) is 11.1 Å². The number of alkyl carbamates (subject to hydrolysis) is 1. The molecule has 0 radical (unpaired) electrons. The molecule has 0 aromatic heterocycles. The predicted octanol–water partition coefficient (Wildman–Crippen LogP) is 2.75. The maximum atomic E-state index is 13.7. The first-order valence-corrected chi connectivity index (χ1v) is 10.9. The van der Waals surface area contributed by atoms with Crippen LogP contribution in [-0.2, 0) is 14.3 Å². The topological polar surface area (TPSA) is 108 Å². The van der Waals surface area contributed by atoms with Crippen LogP contribution in [0.2, 0.25) is 0 Å². The summed E-state index contributed by atoms with van der Waals surface area (Å²) in [4.78, 5) is 40.7. The van der Waals surface area contributed by atoms with E-state index in [1.54, 1.807) is 65.8 Å². The van der Waals surface area contributed by atoms with E-state index < -0.39 is 47.7 Å². The van der Waals surface area contributed by atoms with Crippen LogP contribution in [0.1, 0.15) is 72.6 Å². The number of benzene rings is 1. The molecule has 2 unspecified atom stereocenters. The fourth-order valence-corrected chi connectivity index (χ4v) is 3.28. The number of carbonyl (C=O) groups excluding carboxylic acids is 3. The van der Waals surface area contributed by atoms with Crippen LogP contribution in [0.3, 0.4) is 0 Å². The number of hydrogen-bond acceptors (Lipinski definition) is 5. The summed E-state index contributed by atoms with van der Waals surface area (Å²) in [5.41, 5.74) is -0.734. The number of amides is 3. The zero-order valence-corrected chi connectivity index (χ0v) is 20.9. The largest absolute Gasteiger partial charge is 0.444 e. The van der Waals surface area contributed by atoms with E-state index in [1.807, 2.05) is 13.8 Å². The van der Waals surface area contributed by atoms with Crippen LogP contribution >= 0.6 is 0 Å². The van der Waals surface area contributed by atoms with Gasteiger partial charge in [-0.2, -0.15) is 0 Å². The molecule has 1 aromatic carbocycles. The fourth-order valence-electron chi connectivity index (χ4n) is 3.28. The predicted molar refractivity (Wildman–Crippen MR) is 127 cm³/mol. The summed E-state index contributed by atoms with van der Waals surface area (Å²) in [7, 11) is 0. The van der Waals surface area contributed by atoms with Crippen LogP contribution in [0.15, 0.2) is 24.3 Å². The van der Waals surface area contributed by atoms with E-state index in [-0.39, 0.29) is 6.04 Å². The van der Waals surface area contributed by atoms with E-state index in [9.17, 15) is 19.5 Å². The Morgan fingerprint density at radius 2 is 1.67 bits per heavy atom. The first-order chi connectivity index (χ1) is 15.1. The number of carbonyl (C=O) groups is 3. The van der Waals surface area contributed by atoms with Gasteiger partial charge >= 0.3 is 6.09 Å². The molecule has 0 saturated carbocycles. The van der Waals surface area contributed by atoms with Crippen molar-refractivity contribution in [3.63, 3.8) is 0 Å². The van der Waals surface area contributed by atoms with E-state index in [4.69, 9.17) is 11.2 Å². The quantitative estimate of drug-likeness (QED) is 0.544. The standard InChI is InChI=1S/C25H37N3O5/c1-10-17-13-11-12-14-18(17)20(21(30)26-16(2)3)28(24(4,5)6)22(31)19(15-29)27-23(32)33-25(7,8)9/h1,11-14,16,19-20,29H,15H2,2-9H3,(H,26,30)(H,27,32). The van der Waals surface area contributed by atoms with E-state index >= 15 is 0 Å². The third-order valence-corrected chi connectivity index (χ3v) is 4.48. The molecule has 0 aliphatic heterocycles. The lowest BCUT2D eigenvalue weighted by Crippen LogP contribution is -2.60. The lowest BCUT2D eigenvalue weighted by molar-refractivity contribution is -0.149. The van der Waals surface area contributed by atoms with Crippen molar-refractivity contribution in [2.24, 2.45) is 0 Å². The number of aliphatic hydroxyl groups excluding tert-OH is 1. The molecule has 1 aromatic rings. The third kappa shape index (κ3) is 8.10. The number of ether oxygens (including phenoxy) is 1. The summed E-state index contributed by atoms with van der Waals surface area (Å²) >= 11 is 0. The van der Waals surface area contributed by atoms with Crippen molar-refractivity contribution in [3.05, 3.63) is 35.4 Å². The number of nitrogens with zero attached hydrogens (tertiary/aromatic N) is 1. The molecular weight excluding hydrogens is 422 g/mol. The van der Waals surface area contributed by atoms with Crippen molar-refractivity contribution in [3.8, 4) is 12.3 Å². The Morgan fingerprint density at radius 3 is 2.12 bits per heavy atom. The van der Waals surface area contributed by atoms with Gasteiger partial charge < -0.3 is 25.4 Å². The highest BCUT2D eigenvalue weighted by Gasteiger charge is 2.42. The minimum Gasteiger partial charge on any atom is -0.444 e. The molecule has 1 rings (SSSR count). The van der Waals surface area contributed by atoms with Gasteiger partial charge in [0.15, 0.2) is 0 Å². The van der Waals surface area contributed by atoms with Gasteiger partial charge in [-0.1, -0.05) is 24.1 Å². The first kappa shape index (κ1) is 28.0. The van der Waals surface area contributed by atoms with Crippen LogP contribution in [0, 0.1) is 12.3 Å². The molecule has 182 valence electrons. The van der Waals surface area contributed by atoms with E-state index in [0.717, 1.165) is 0 Å². The van der Waals surface area contributed by atoms with Crippen LogP contribution in [0.25, 0.3) is 0 Å². The van der Waals surface area contributed by atoms with Gasteiger partial charge in [0.05, 0.1) is 6.61 Å². The highest BCUT2D eigenvalue weighted by Crippen LogP contribution is 2.31. The van der Waals surface area contributed by atoms with Gasteiger partial charge in [0, 0.05) is 17.1 Å². The molecular formula is C25H37N3O5. The van der Waals surface area contributed by atoms with E-state index in [2.05, 4.69) is 16.6 Å². The van der Waals surface area contributed by atoms with Crippen molar-refractivity contribution in [2.45, 2.75) is 84.7 Å². The van der Waals surface area contributed by atoms with Crippen molar-refractivity contribution >= 4 is 17.9 Å². The van der Waals surface area contributed by atoms with Gasteiger partial charge in [-0.3, -0.25) is 9.59 Å². The normalized spacial score (nSPS) is 13.5. The van der Waals surface area contributed by atoms with Gasteiger partial charge in [0.1, 0.15) is 17.7 Å². The maximum Gasteiger partial charge on any atom is 0.408 e. The van der Waals surface area contributed by atoms with Crippen LogP contribution < -0.4 is 10.6 Å². The Balaban J connectivity index is 3.55. The highest BCUT2D eigenvalue weighted by molar-refractivity contribution is 5.93. The molecule has 2 atom stereocenters. The maximum absolute atomic E-state index is 13.7. The van der Waals surface area contributed by atoms with Crippen molar-refractivity contribution in [1.29, 1.82) is 0 Å². The molecule has 0 heterocycles. The number of nitrogens with one attached hydrogen (secondary N) is 2. The Labute approximate surface area is 197 Å². The second-order valence-electron chi connectivity index (χ2n) is 10.1. The number of aliphatic hydroxyl groups is 1. The molecule has 0 spiro atoms. The van der Waals surface area contributed by atoms with Gasteiger partial charge in [-0.05, 0) is 67.0 Å². The lowest BCUT2D eigenvalue weighted by atomic mass is 9.92. The smallest absolute Gasteiger partial charge is 0.408 e. The highest BCUT2D eigenvalue weighted by atomic mass is 16.6. The molecule has 3 N–H and O–H groups in total. The number of rotatable bonds is 7. The summed E-state index contributed by atoms with van der Waals surface area (Å²) in [6.45, 7) is 13.3. The second-order valence-corrected chi connectivity index (χ2v) is 10.1. The molecule has 0 saturated heterocycles. The average Bonchev–Trinajstić information content (AvgIpc) is 2.66. The summed E-state index contributed by atoms with van der Waals surface area (Å²) < 4.78 is 5.23. The minimum atomic E-state index is -1.33. The zero-order chi connectivity index (χ0) is 25.6. The van der Waals surface area contributed by atoms with Gasteiger partial charge in [-0.15, -0.1) is 6.42 Å². The van der Waals surface area contributed by atoms with Gasteiger partial charge in [-0.25, -0.2) is 4.79 Å². The summed E-state index contributed by atoms with van der Waals surface area (Å²) in [5.74, 6) is 1.50. The molecule has 8 heteroatoms. The summed E-state index contributed by atoms with van der Waals surface area (Å²) in [6, 6.07) is 4.26. The zero-order valence-electron chi connectivity index (χ0n) is 20.9. The van der Waals surface area contributed by atoms with Crippen LogP contribution in [0.5, 0.6) is 0 Å². The average molecular weight is 460 g/mol.